The number of amides is 1. The van der Waals surface area contributed by atoms with Gasteiger partial charge in [0.2, 0.25) is 5.91 Å². The van der Waals surface area contributed by atoms with Crippen LogP contribution in [0, 0.1) is 0 Å². The van der Waals surface area contributed by atoms with Crippen molar-refractivity contribution in [3.05, 3.63) is 34.3 Å². The molecule has 0 saturated carbocycles. The van der Waals surface area contributed by atoms with Gasteiger partial charge in [-0.05, 0) is 37.5 Å². The number of rotatable bonds is 4. The van der Waals surface area contributed by atoms with Gasteiger partial charge in [-0.25, -0.2) is 0 Å². The van der Waals surface area contributed by atoms with Gasteiger partial charge in [0.25, 0.3) is 0 Å². The van der Waals surface area contributed by atoms with Gasteiger partial charge in [-0.1, -0.05) is 28.1 Å². The number of halogens is 1. The Kier molecular flexibility index (Phi) is 5.57. The highest BCUT2D eigenvalue weighted by atomic mass is 79.9. The lowest BCUT2D eigenvalue weighted by molar-refractivity contribution is -0.123. The maximum absolute atomic E-state index is 12.1. The Balaban J connectivity index is 1.80. The van der Waals surface area contributed by atoms with Crippen molar-refractivity contribution in [2.24, 2.45) is 5.73 Å². The third-order valence-electron chi connectivity index (χ3n) is 3.75. The zero-order valence-electron chi connectivity index (χ0n) is 11.8. The normalized spacial score (nSPS) is 18.8. The number of benzene rings is 1. The van der Waals surface area contributed by atoms with Crippen LogP contribution in [0.15, 0.2) is 28.7 Å². The average molecular weight is 340 g/mol. The molecule has 1 heterocycles. The molecule has 1 aromatic carbocycles. The number of nitrogens with one attached hydrogen (secondary N) is 1. The lowest BCUT2D eigenvalue weighted by Crippen LogP contribution is -2.44. The molecule has 2 rings (SSSR count). The van der Waals surface area contributed by atoms with Crippen LogP contribution >= 0.6 is 15.9 Å². The van der Waals surface area contributed by atoms with Gasteiger partial charge in [0, 0.05) is 23.6 Å². The van der Waals surface area contributed by atoms with E-state index in [1.807, 2.05) is 31.2 Å². The molecular weight excluding hydrogens is 318 g/mol. The lowest BCUT2D eigenvalue weighted by Gasteiger charge is -2.29. The highest BCUT2D eigenvalue weighted by Crippen LogP contribution is 2.16. The Morgan fingerprint density at radius 3 is 2.60 bits per heavy atom. The van der Waals surface area contributed by atoms with Crippen LogP contribution in [-0.2, 0) is 4.79 Å². The Morgan fingerprint density at radius 1 is 1.40 bits per heavy atom. The summed E-state index contributed by atoms with van der Waals surface area (Å²) in [5, 5.41) is 3.05. The molecule has 1 fully saturated rings. The second-order valence-electron chi connectivity index (χ2n) is 5.45. The van der Waals surface area contributed by atoms with Crippen molar-refractivity contribution < 1.29 is 4.79 Å². The molecule has 20 heavy (non-hydrogen) atoms. The topological polar surface area (TPSA) is 58.4 Å². The monoisotopic (exact) mass is 339 g/mol. The number of nitrogens with two attached hydrogens (primary N) is 1. The lowest BCUT2D eigenvalue weighted by atomic mass is 10.1. The summed E-state index contributed by atoms with van der Waals surface area (Å²) < 4.78 is 1.05. The number of carbonyl (C=O) groups excluding carboxylic acids is 1. The predicted molar refractivity (Wildman–Crippen MR) is 84.3 cm³/mol. The summed E-state index contributed by atoms with van der Waals surface area (Å²) in [6.07, 6.45) is 1.96. The summed E-state index contributed by atoms with van der Waals surface area (Å²) in [4.78, 5) is 14.2. The van der Waals surface area contributed by atoms with Crippen molar-refractivity contribution >= 4 is 21.8 Å². The molecule has 1 amide bonds. The van der Waals surface area contributed by atoms with Crippen LogP contribution in [-0.4, -0.2) is 36.5 Å². The van der Waals surface area contributed by atoms with Crippen LogP contribution in [0.1, 0.15) is 31.4 Å². The predicted octanol–water partition coefficient (Wildman–Crippen LogP) is 2.05. The zero-order chi connectivity index (χ0) is 14.5. The van der Waals surface area contributed by atoms with Gasteiger partial charge in [-0.2, -0.15) is 0 Å². The van der Waals surface area contributed by atoms with E-state index in [0.717, 1.165) is 36.0 Å². The largest absolute Gasteiger partial charge is 0.348 e. The molecule has 1 saturated heterocycles. The Labute approximate surface area is 128 Å². The number of hydrogen-bond donors (Lipinski definition) is 2. The number of hydrogen-bond acceptors (Lipinski definition) is 3. The van der Waals surface area contributed by atoms with Gasteiger partial charge >= 0.3 is 0 Å². The zero-order valence-corrected chi connectivity index (χ0v) is 13.4. The highest BCUT2D eigenvalue weighted by molar-refractivity contribution is 9.10. The molecule has 110 valence electrons. The van der Waals surface area contributed by atoms with Crippen LogP contribution < -0.4 is 11.1 Å². The molecule has 0 aromatic heterocycles. The van der Waals surface area contributed by atoms with Crippen LogP contribution in [0.25, 0.3) is 0 Å². The molecule has 4 nitrogen and oxygen atoms in total. The van der Waals surface area contributed by atoms with Gasteiger partial charge < -0.3 is 11.1 Å². The molecule has 3 N–H and O–H groups in total. The fraction of sp³-hybridized carbons (Fsp3) is 0.533. The molecule has 1 atom stereocenters. The summed E-state index contributed by atoms with van der Waals surface area (Å²) in [6.45, 7) is 4.31. The Hall–Kier alpha value is -0.910. The van der Waals surface area contributed by atoms with E-state index in [2.05, 4.69) is 26.1 Å². The molecule has 1 aliphatic rings. The second-order valence-corrected chi connectivity index (χ2v) is 6.37. The summed E-state index contributed by atoms with van der Waals surface area (Å²) in [7, 11) is 0. The van der Waals surface area contributed by atoms with Crippen molar-refractivity contribution in [3.8, 4) is 0 Å². The molecule has 0 spiro atoms. The van der Waals surface area contributed by atoms with Crippen molar-refractivity contribution in [3.63, 3.8) is 0 Å². The van der Waals surface area contributed by atoms with Crippen molar-refractivity contribution in [2.45, 2.75) is 31.8 Å². The van der Waals surface area contributed by atoms with E-state index in [-0.39, 0.29) is 11.9 Å². The van der Waals surface area contributed by atoms with Crippen molar-refractivity contribution in [2.75, 3.05) is 19.6 Å². The minimum absolute atomic E-state index is 0.0302. The van der Waals surface area contributed by atoms with Gasteiger partial charge in [-0.3, -0.25) is 9.69 Å². The van der Waals surface area contributed by atoms with E-state index in [4.69, 9.17) is 5.73 Å². The summed E-state index contributed by atoms with van der Waals surface area (Å²) in [5.41, 5.74) is 6.98. The summed E-state index contributed by atoms with van der Waals surface area (Å²) in [5.74, 6) is 0.0795. The van der Waals surface area contributed by atoms with Gasteiger partial charge in [0.1, 0.15) is 0 Å². The van der Waals surface area contributed by atoms with Crippen LogP contribution in [0.5, 0.6) is 0 Å². The number of carbonyl (C=O) groups is 1. The average Bonchev–Trinajstić information content (AvgIpc) is 2.42. The van der Waals surface area contributed by atoms with E-state index >= 15 is 0 Å². The van der Waals surface area contributed by atoms with E-state index in [1.165, 1.54) is 0 Å². The smallest absolute Gasteiger partial charge is 0.234 e. The number of piperidine rings is 1. The third-order valence-corrected chi connectivity index (χ3v) is 4.28. The van der Waals surface area contributed by atoms with Crippen LogP contribution in [0.4, 0.5) is 0 Å². The standard InChI is InChI=1S/C15H22BrN3O/c1-11(12-2-4-13(16)5-3-12)18-15(20)10-19-8-6-14(17)7-9-19/h2-5,11,14H,6-10,17H2,1H3,(H,18,20)/t11-/m0/s1. The molecule has 5 heteroatoms. The van der Waals surface area contributed by atoms with Crippen LogP contribution in [0.2, 0.25) is 0 Å². The molecule has 0 unspecified atom stereocenters. The fourth-order valence-electron chi connectivity index (χ4n) is 2.44. The van der Waals surface area contributed by atoms with Gasteiger partial charge in [0.05, 0.1) is 12.6 Å². The van der Waals surface area contributed by atoms with Gasteiger partial charge in [0.15, 0.2) is 0 Å². The highest BCUT2D eigenvalue weighted by Gasteiger charge is 2.19. The Morgan fingerprint density at radius 2 is 2.00 bits per heavy atom. The van der Waals surface area contributed by atoms with E-state index in [1.54, 1.807) is 0 Å². The fourth-order valence-corrected chi connectivity index (χ4v) is 2.70. The first-order chi connectivity index (χ1) is 9.54. The molecule has 0 radical (unpaired) electrons. The van der Waals surface area contributed by atoms with E-state index < -0.39 is 0 Å². The van der Waals surface area contributed by atoms with Gasteiger partial charge in [-0.15, -0.1) is 0 Å². The van der Waals surface area contributed by atoms with E-state index in [0.29, 0.717) is 12.6 Å². The Bertz CT molecular complexity index is 441. The quantitative estimate of drug-likeness (QED) is 0.882. The first kappa shape index (κ1) is 15.5. The maximum atomic E-state index is 12.1. The van der Waals surface area contributed by atoms with Crippen LogP contribution in [0.3, 0.4) is 0 Å². The van der Waals surface area contributed by atoms with Crippen molar-refractivity contribution in [1.29, 1.82) is 0 Å². The summed E-state index contributed by atoms with van der Waals surface area (Å²) >= 11 is 3.41. The minimum Gasteiger partial charge on any atom is -0.348 e. The summed E-state index contributed by atoms with van der Waals surface area (Å²) in [6, 6.07) is 8.36. The van der Waals surface area contributed by atoms with E-state index in [9.17, 15) is 4.79 Å². The molecule has 0 aliphatic carbocycles. The molecule has 1 aromatic rings. The first-order valence-corrected chi connectivity index (χ1v) is 7.86. The number of likely N-dealkylation sites (tertiary alicyclic amines) is 1. The molecule has 0 bridgehead atoms. The maximum Gasteiger partial charge on any atom is 0.234 e. The number of nitrogens with zero attached hydrogens (tertiary/aromatic N) is 1. The van der Waals surface area contributed by atoms with Crippen molar-refractivity contribution in [1.82, 2.24) is 10.2 Å². The minimum atomic E-state index is 0.0302. The first-order valence-electron chi connectivity index (χ1n) is 7.07. The molecular formula is C15H22BrN3O. The second kappa shape index (κ2) is 7.20. The molecule has 1 aliphatic heterocycles. The third kappa shape index (κ3) is 4.58. The SMILES string of the molecule is C[C@H](NC(=O)CN1CCC(N)CC1)c1ccc(Br)cc1.